The number of carbonyl (C=O) groups excluding carboxylic acids is 1. The van der Waals surface area contributed by atoms with Crippen molar-refractivity contribution in [2.24, 2.45) is 0 Å². The Hall–Kier alpha value is -1.08. The fourth-order valence-electron chi connectivity index (χ4n) is 1.82. The van der Waals surface area contributed by atoms with E-state index in [4.69, 9.17) is 9.84 Å². The molecule has 0 aliphatic rings. The molecule has 0 saturated carbocycles. The van der Waals surface area contributed by atoms with Gasteiger partial charge in [-0.3, -0.25) is 9.59 Å². The van der Waals surface area contributed by atoms with Crippen molar-refractivity contribution >= 4 is 39.1 Å². The molecule has 1 rings (SSSR count). The summed E-state index contributed by atoms with van der Waals surface area (Å²) in [5, 5.41) is 11.4. The zero-order chi connectivity index (χ0) is 15.7. The fourth-order valence-corrected chi connectivity index (χ4v) is 3.39. The third-order valence-corrected chi connectivity index (χ3v) is 4.73. The van der Waals surface area contributed by atoms with Crippen molar-refractivity contribution in [3.05, 3.63) is 14.7 Å². The summed E-state index contributed by atoms with van der Waals surface area (Å²) in [7, 11) is 1.57. The second-order valence-electron chi connectivity index (χ2n) is 4.62. The Morgan fingerprint density at radius 3 is 2.57 bits per heavy atom. The number of carbonyl (C=O) groups is 2. The van der Waals surface area contributed by atoms with Crippen LogP contribution in [0.4, 0.5) is 0 Å². The van der Waals surface area contributed by atoms with Gasteiger partial charge in [0.25, 0.3) is 5.91 Å². The molecule has 0 radical (unpaired) electrons. The first kappa shape index (κ1) is 18.0. The summed E-state index contributed by atoms with van der Waals surface area (Å²) >= 11 is 4.69. The van der Waals surface area contributed by atoms with E-state index in [-0.39, 0.29) is 12.3 Å². The summed E-state index contributed by atoms with van der Waals surface area (Å²) in [5.74, 6) is -0.154. The van der Waals surface area contributed by atoms with Crippen molar-refractivity contribution in [3.8, 4) is 5.75 Å². The second kappa shape index (κ2) is 9.78. The topological polar surface area (TPSA) is 75.6 Å². The van der Waals surface area contributed by atoms with Crippen LogP contribution in [0.5, 0.6) is 5.75 Å². The van der Waals surface area contributed by atoms with E-state index in [9.17, 15) is 9.59 Å². The molecule has 0 aliphatic carbocycles. The van der Waals surface area contributed by atoms with Crippen LogP contribution in [-0.2, 0) is 4.79 Å². The fraction of sp³-hybridized carbons (Fsp3) is 0.571. The lowest BCUT2D eigenvalue weighted by Gasteiger charge is -2.03. The molecule has 2 N–H and O–H groups in total. The van der Waals surface area contributed by atoms with Crippen LogP contribution in [0.3, 0.4) is 0 Å². The summed E-state index contributed by atoms with van der Waals surface area (Å²) in [6.07, 6.45) is 4.80. The van der Waals surface area contributed by atoms with E-state index in [2.05, 4.69) is 21.2 Å². The monoisotopic (exact) mass is 377 g/mol. The van der Waals surface area contributed by atoms with Crippen LogP contribution in [0.15, 0.2) is 9.85 Å². The second-order valence-corrected chi connectivity index (χ2v) is 6.99. The molecule has 118 valence electrons. The van der Waals surface area contributed by atoms with Crippen LogP contribution in [0.1, 0.15) is 48.2 Å². The van der Waals surface area contributed by atoms with Crippen LogP contribution in [0.25, 0.3) is 0 Å². The quantitative estimate of drug-likeness (QED) is 0.609. The molecule has 0 spiro atoms. The highest BCUT2D eigenvalue weighted by Crippen LogP contribution is 2.34. The van der Waals surface area contributed by atoms with E-state index < -0.39 is 5.97 Å². The first-order valence-electron chi connectivity index (χ1n) is 6.88. The Labute approximate surface area is 136 Å². The number of unbranched alkanes of at least 4 members (excludes halogenated alkanes) is 4. The van der Waals surface area contributed by atoms with Crippen LogP contribution in [0.2, 0.25) is 0 Å². The standard InChI is InChI=1S/C14H20BrNO4S/c1-20-10-9-11(21-13(10)15)14(19)16-8-6-4-2-3-5-7-12(17)18/h9H,2-8H2,1H3,(H,16,19)(H,17,18). The van der Waals surface area contributed by atoms with Gasteiger partial charge < -0.3 is 15.2 Å². The van der Waals surface area contributed by atoms with Crippen molar-refractivity contribution in [2.45, 2.75) is 38.5 Å². The van der Waals surface area contributed by atoms with E-state index in [1.165, 1.54) is 11.3 Å². The van der Waals surface area contributed by atoms with Crippen LogP contribution >= 0.6 is 27.3 Å². The Morgan fingerprint density at radius 1 is 1.29 bits per heavy atom. The molecule has 0 atom stereocenters. The van der Waals surface area contributed by atoms with Crippen LogP contribution < -0.4 is 10.1 Å². The largest absolute Gasteiger partial charge is 0.495 e. The van der Waals surface area contributed by atoms with Gasteiger partial charge in [-0.05, 0) is 28.8 Å². The van der Waals surface area contributed by atoms with Gasteiger partial charge >= 0.3 is 5.97 Å². The van der Waals surface area contributed by atoms with Gasteiger partial charge in [0, 0.05) is 19.0 Å². The van der Waals surface area contributed by atoms with Crippen molar-refractivity contribution in [2.75, 3.05) is 13.7 Å². The first-order chi connectivity index (χ1) is 10.0. The molecule has 7 heteroatoms. The molecule has 0 aromatic carbocycles. The molecular formula is C14H20BrNO4S. The summed E-state index contributed by atoms with van der Waals surface area (Å²) in [6, 6.07) is 1.72. The molecule has 0 saturated heterocycles. The number of hydrogen-bond acceptors (Lipinski definition) is 4. The SMILES string of the molecule is COc1cc(C(=O)NCCCCCCCC(=O)O)sc1Br. The summed E-state index contributed by atoms with van der Waals surface area (Å²) < 4.78 is 5.93. The van der Waals surface area contributed by atoms with Crippen molar-refractivity contribution < 1.29 is 19.4 Å². The van der Waals surface area contributed by atoms with Gasteiger partial charge in [0.2, 0.25) is 0 Å². The van der Waals surface area contributed by atoms with Gasteiger partial charge in [0.15, 0.2) is 0 Å². The number of rotatable bonds is 10. The average Bonchev–Trinajstić information content (AvgIpc) is 2.82. The number of amides is 1. The predicted octanol–water partition coefficient (Wildman–Crippen LogP) is 3.67. The van der Waals surface area contributed by atoms with Crippen molar-refractivity contribution in [1.82, 2.24) is 5.32 Å². The van der Waals surface area contributed by atoms with Crippen molar-refractivity contribution in [1.29, 1.82) is 0 Å². The number of carboxylic acids is 1. The number of nitrogens with one attached hydrogen (secondary N) is 1. The molecule has 0 aliphatic heterocycles. The summed E-state index contributed by atoms with van der Waals surface area (Å²) in [5.41, 5.74) is 0. The minimum absolute atomic E-state index is 0.0881. The number of thiophene rings is 1. The van der Waals surface area contributed by atoms with Gasteiger partial charge in [0.1, 0.15) is 9.54 Å². The lowest BCUT2D eigenvalue weighted by molar-refractivity contribution is -0.137. The molecule has 1 amide bonds. The van der Waals surface area contributed by atoms with E-state index >= 15 is 0 Å². The van der Waals surface area contributed by atoms with Gasteiger partial charge in [-0.1, -0.05) is 19.3 Å². The van der Waals surface area contributed by atoms with E-state index in [1.54, 1.807) is 13.2 Å². The summed E-state index contributed by atoms with van der Waals surface area (Å²) in [4.78, 5) is 22.9. The Bertz CT molecular complexity index is 476. The molecule has 1 aromatic heterocycles. The molecule has 5 nitrogen and oxygen atoms in total. The maximum Gasteiger partial charge on any atom is 0.303 e. The van der Waals surface area contributed by atoms with Gasteiger partial charge in [-0.2, -0.15) is 0 Å². The number of hydrogen-bond donors (Lipinski definition) is 2. The van der Waals surface area contributed by atoms with Gasteiger partial charge in [-0.15, -0.1) is 11.3 Å². The Kier molecular flexibility index (Phi) is 8.37. The van der Waals surface area contributed by atoms with Crippen LogP contribution in [0, 0.1) is 0 Å². The Balaban J connectivity index is 2.12. The average molecular weight is 378 g/mol. The lowest BCUT2D eigenvalue weighted by Crippen LogP contribution is -2.23. The highest BCUT2D eigenvalue weighted by molar-refractivity contribution is 9.11. The van der Waals surface area contributed by atoms with Crippen molar-refractivity contribution in [3.63, 3.8) is 0 Å². The molecule has 21 heavy (non-hydrogen) atoms. The molecule has 0 unspecified atom stereocenters. The smallest absolute Gasteiger partial charge is 0.303 e. The van der Waals surface area contributed by atoms with E-state index in [0.29, 0.717) is 17.2 Å². The summed E-state index contributed by atoms with van der Waals surface area (Å²) in [6.45, 7) is 0.635. The number of methoxy groups -OCH3 is 1. The minimum atomic E-state index is -0.736. The van der Waals surface area contributed by atoms with Gasteiger partial charge in [0.05, 0.1) is 12.0 Å². The van der Waals surface area contributed by atoms with E-state index in [0.717, 1.165) is 35.9 Å². The lowest BCUT2D eigenvalue weighted by atomic mass is 10.1. The third-order valence-electron chi connectivity index (χ3n) is 2.95. The maximum atomic E-state index is 11.9. The molecule has 1 aromatic rings. The first-order valence-corrected chi connectivity index (χ1v) is 8.49. The number of carboxylic acid groups (broad SMARTS) is 1. The van der Waals surface area contributed by atoms with Crippen LogP contribution in [-0.4, -0.2) is 30.6 Å². The molecule has 0 bridgehead atoms. The zero-order valence-corrected chi connectivity index (χ0v) is 14.4. The predicted molar refractivity (Wildman–Crippen MR) is 86.2 cm³/mol. The molecular weight excluding hydrogens is 358 g/mol. The maximum absolute atomic E-state index is 11.9. The highest BCUT2D eigenvalue weighted by Gasteiger charge is 2.13. The molecule has 0 fully saturated rings. The van der Waals surface area contributed by atoms with Gasteiger partial charge in [-0.25, -0.2) is 0 Å². The third kappa shape index (κ3) is 6.95. The zero-order valence-electron chi connectivity index (χ0n) is 12.0. The Morgan fingerprint density at radius 2 is 1.95 bits per heavy atom. The van der Waals surface area contributed by atoms with E-state index in [1.807, 2.05) is 0 Å². The molecule has 1 heterocycles. The number of ether oxygens (including phenoxy) is 1. The normalized spacial score (nSPS) is 10.4. The number of halogens is 1. The minimum Gasteiger partial charge on any atom is -0.495 e. The highest BCUT2D eigenvalue weighted by atomic mass is 79.9. The number of aliphatic carboxylic acids is 1.